The highest BCUT2D eigenvalue weighted by Crippen LogP contribution is 2.29. The van der Waals surface area contributed by atoms with E-state index in [0.29, 0.717) is 4.75 Å². The zero-order valence-corrected chi connectivity index (χ0v) is 10.9. The van der Waals surface area contributed by atoms with Crippen LogP contribution < -0.4 is 0 Å². The van der Waals surface area contributed by atoms with Gasteiger partial charge in [-0.15, -0.1) is 0 Å². The van der Waals surface area contributed by atoms with Crippen LogP contribution in [-0.4, -0.2) is 48.1 Å². The van der Waals surface area contributed by atoms with Crippen molar-refractivity contribution in [3.05, 3.63) is 0 Å². The summed E-state index contributed by atoms with van der Waals surface area (Å²) in [6, 6.07) is 0. The van der Waals surface area contributed by atoms with Crippen LogP contribution in [0.3, 0.4) is 0 Å². The molecule has 0 N–H and O–H groups in total. The number of esters is 1. The van der Waals surface area contributed by atoms with Gasteiger partial charge in [-0.2, -0.15) is 11.8 Å². The fourth-order valence-electron chi connectivity index (χ4n) is 1.93. The van der Waals surface area contributed by atoms with E-state index in [1.807, 2.05) is 18.7 Å². The molecule has 1 aliphatic rings. The Balaban J connectivity index is 2.41. The maximum absolute atomic E-state index is 11.3. The summed E-state index contributed by atoms with van der Waals surface area (Å²) in [7, 11) is 1.45. The van der Waals surface area contributed by atoms with Crippen molar-refractivity contribution in [3.63, 3.8) is 0 Å². The van der Waals surface area contributed by atoms with E-state index in [2.05, 4.69) is 18.7 Å². The maximum Gasteiger partial charge on any atom is 0.309 e. The van der Waals surface area contributed by atoms with Crippen LogP contribution >= 0.6 is 11.8 Å². The minimum atomic E-state index is -0.106. The molecular weight excluding hydrogens is 210 g/mol. The summed E-state index contributed by atoms with van der Waals surface area (Å²) in [5.41, 5.74) is 0. The summed E-state index contributed by atoms with van der Waals surface area (Å²) in [4.78, 5) is 13.7. The Morgan fingerprint density at radius 1 is 1.60 bits per heavy atom. The number of ether oxygens (including phenoxy) is 1. The Kier molecular flexibility index (Phi) is 4.46. The molecule has 1 unspecified atom stereocenters. The van der Waals surface area contributed by atoms with Crippen LogP contribution in [0, 0.1) is 5.92 Å². The number of methoxy groups -OCH3 is 1. The second-order valence-corrected chi connectivity index (χ2v) is 6.57. The van der Waals surface area contributed by atoms with Crippen molar-refractivity contribution in [2.75, 3.05) is 32.5 Å². The molecule has 1 heterocycles. The first-order chi connectivity index (χ1) is 6.94. The third-order valence-corrected chi connectivity index (χ3v) is 3.94. The van der Waals surface area contributed by atoms with Gasteiger partial charge in [0.25, 0.3) is 0 Å². The topological polar surface area (TPSA) is 29.5 Å². The van der Waals surface area contributed by atoms with E-state index in [-0.39, 0.29) is 11.9 Å². The lowest BCUT2D eigenvalue weighted by atomic mass is 10.1. The van der Waals surface area contributed by atoms with Crippen LogP contribution in [0.2, 0.25) is 0 Å². The summed E-state index contributed by atoms with van der Waals surface area (Å²) >= 11 is 2.01. The quantitative estimate of drug-likeness (QED) is 0.690. The summed E-state index contributed by atoms with van der Waals surface area (Å²) in [6.45, 7) is 9.39. The van der Waals surface area contributed by atoms with Crippen LogP contribution in [0.15, 0.2) is 0 Å². The normalized spacial score (nSPS) is 23.5. The van der Waals surface area contributed by atoms with Crippen LogP contribution in [0.5, 0.6) is 0 Å². The van der Waals surface area contributed by atoms with Gasteiger partial charge in [0.05, 0.1) is 13.0 Å². The molecule has 1 fully saturated rings. The number of hydrogen-bond donors (Lipinski definition) is 0. The minimum absolute atomic E-state index is 0.0195. The van der Waals surface area contributed by atoms with Crippen molar-refractivity contribution in [3.8, 4) is 0 Å². The monoisotopic (exact) mass is 231 g/mol. The molecule has 3 nitrogen and oxygen atoms in total. The predicted molar refractivity (Wildman–Crippen MR) is 64.2 cm³/mol. The third kappa shape index (κ3) is 4.03. The molecule has 88 valence electrons. The lowest BCUT2D eigenvalue weighted by Crippen LogP contribution is -2.45. The Hall–Kier alpha value is -0.220. The molecule has 1 aliphatic heterocycles. The molecule has 1 saturated heterocycles. The smallest absolute Gasteiger partial charge is 0.309 e. The standard InChI is InChI=1S/C11H21NO2S/c1-9(10(13)14-4)7-12-5-6-15-11(2,3)8-12/h9H,5-8H2,1-4H3. The fraction of sp³-hybridized carbons (Fsp3) is 0.909. The van der Waals surface area contributed by atoms with Crippen molar-refractivity contribution in [1.29, 1.82) is 0 Å². The SMILES string of the molecule is COC(=O)C(C)CN1CCSC(C)(C)C1. The molecule has 15 heavy (non-hydrogen) atoms. The van der Waals surface area contributed by atoms with Gasteiger partial charge in [-0.05, 0) is 13.8 Å². The van der Waals surface area contributed by atoms with Gasteiger partial charge < -0.3 is 9.64 Å². The number of rotatable bonds is 3. The Bertz CT molecular complexity index is 231. The van der Waals surface area contributed by atoms with Gasteiger partial charge in [0.2, 0.25) is 0 Å². The van der Waals surface area contributed by atoms with Crippen LogP contribution in [0.4, 0.5) is 0 Å². The molecule has 0 aromatic carbocycles. The molecule has 0 aromatic rings. The van der Waals surface area contributed by atoms with Crippen molar-refractivity contribution < 1.29 is 9.53 Å². The van der Waals surface area contributed by atoms with Crippen molar-refractivity contribution >= 4 is 17.7 Å². The van der Waals surface area contributed by atoms with Gasteiger partial charge in [0.1, 0.15) is 0 Å². The van der Waals surface area contributed by atoms with E-state index in [0.717, 1.165) is 25.4 Å². The fourth-order valence-corrected chi connectivity index (χ4v) is 3.11. The first-order valence-electron chi connectivity index (χ1n) is 5.39. The van der Waals surface area contributed by atoms with Crippen molar-refractivity contribution in [2.24, 2.45) is 5.92 Å². The zero-order valence-electron chi connectivity index (χ0n) is 10.1. The molecule has 0 radical (unpaired) electrons. The van der Waals surface area contributed by atoms with E-state index >= 15 is 0 Å². The maximum atomic E-state index is 11.3. The molecule has 0 amide bonds. The van der Waals surface area contributed by atoms with E-state index < -0.39 is 0 Å². The number of hydrogen-bond acceptors (Lipinski definition) is 4. The molecule has 4 heteroatoms. The molecule has 1 rings (SSSR count). The lowest BCUT2D eigenvalue weighted by Gasteiger charge is -2.38. The number of nitrogens with zero attached hydrogens (tertiary/aromatic N) is 1. The van der Waals surface area contributed by atoms with Crippen LogP contribution in [0.25, 0.3) is 0 Å². The molecule has 1 atom stereocenters. The molecule has 0 aromatic heterocycles. The first kappa shape index (κ1) is 12.8. The largest absolute Gasteiger partial charge is 0.469 e. The molecule has 0 bridgehead atoms. The van der Waals surface area contributed by atoms with Gasteiger partial charge in [-0.1, -0.05) is 6.92 Å². The number of thioether (sulfide) groups is 1. The summed E-state index contributed by atoms with van der Waals surface area (Å²) < 4.78 is 5.05. The minimum Gasteiger partial charge on any atom is -0.469 e. The van der Waals surface area contributed by atoms with E-state index in [9.17, 15) is 4.79 Å². The van der Waals surface area contributed by atoms with Gasteiger partial charge in [-0.3, -0.25) is 4.79 Å². The summed E-state index contributed by atoms with van der Waals surface area (Å²) in [5, 5.41) is 0. The van der Waals surface area contributed by atoms with Gasteiger partial charge >= 0.3 is 5.97 Å². The molecule has 0 aliphatic carbocycles. The highest BCUT2D eigenvalue weighted by molar-refractivity contribution is 8.00. The van der Waals surface area contributed by atoms with Gasteiger partial charge in [0, 0.05) is 30.1 Å². The number of carbonyl (C=O) groups excluding carboxylic acids is 1. The Morgan fingerprint density at radius 3 is 2.80 bits per heavy atom. The third-order valence-electron chi connectivity index (χ3n) is 2.64. The lowest BCUT2D eigenvalue weighted by molar-refractivity contribution is -0.145. The molecule has 0 spiro atoms. The summed E-state index contributed by atoms with van der Waals surface area (Å²) in [6.07, 6.45) is 0. The molecule has 0 saturated carbocycles. The molecular formula is C11H21NO2S. The van der Waals surface area contributed by atoms with Crippen molar-refractivity contribution in [1.82, 2.24) is 4.90 Å². The highest BCUT2D eigenvalue weighted by atomic mass is 32.2. The second kappa shape index (κ2) is 5.21. The zero-order chi connectivity index (χ0) is 11.5. The Morgan fingerprint density at radius 2 is 2.27 bits per heavy atom. The average Bonchev–Trinajstić information content (AvgIpc) is 2.14. The first-order valence-corrected chi connectivity index (χ1v) is 6.37. The average molecular weight is 231 g/mol. The van der Waals surface area contributed by atoms with E-state index in [1.54, 1.807) is 0 Å². The van der Waals surface area contributed by atoms with Gasteiger partial charge in [-0.25, -0.2) is 0 Å². The van der Waals surface area contributed by atoms with Crippen molar-refractivity contribution in [2.45, 2.75) is 25.5 Å². The van der Waals surface area contributed by atoms with Crippen LogP contribution in [-0.2, 0) is 9.53 Å². The van der Waals surface area contributed by atoms with Gasteiger partial charge in [0.15, 0.2) is 0 Å². The predicted octanol–water partition coefficient (Wildman–Crippen LogP) is 1.62. The summed E-state index contributed by atoms with van der Waals surface area (Å²) in [5.74, 6) is 1.03. The highest BCUT2D eigenvalue weighted by Gasteiger charge is 2.28. The number of carbonyl (C=O) groups is 1. The van der Waals surface area contributed by atoms with E-state index in [1.165, 1.54) is 7.11 Å². The second-order valence-electron chi connectivity index (χ2n) is 4.77. The van der Waals surface area contributed by atoms with Crippen LogP contribution in [0.1, 0.15) is 20.8 Å². The Labute approximate surface area is 96.5 Å². The van der Waals surface area contributed by atoms with E-state index in [4.69, 9.17) is 4.74 Å².